The van der Waals surface area contributed by atoms with Gasteiger partial charge in [0.05, 0.1) is 11.6 Å². The molecule has 6 heteroatoms. The average molecular weight is 271 g/mol. The molecule has 0 saturated heterocycles. The number of benzene rings is 2. The highest BCUT2D eigenvalue weighted by atomic mass is 19.1. The Bertz CT molecular complexity index is 678. The number of urea groups is 1. The van der Waals surface area contributed by atoms with Crippen LogP contribution >= 0.6 is 0 Å². The number of nitrogens with one attached hydrogen (secondary N) is 2. The Kier molecular flexibility index (Phi) is 3.82. The summed E-state index contributed by atoms with van der Waals surface area (Å²) < 4.78 is 13.1. The highest BCUT2D eigenvalue weighted by molar-refractivity contribution is 5.99. The molecule has 0 aliphatic carbocycles. The summed E-state index contributed by atoms with van der Waals surface area (Å²) in [5.74, 6) is -1.30. The third kappa shape index (κ3) is 3.23. The lowest BCUT2D eigenvalue weighted by molar-refractivity contribution is 0.262. The van der Waals surface area contributed by atoms with Crippen molar-refractivity contribution in [2.45, 2.75) is 0 Å². The Morgan fingerprint density at radius 1 is 1.10 bits per heavy atom. The van der Waals surface area contributed by atoms with Crippen molar-refractivity contribution in [3.63, 3.8) is 0 Å². The van der Waals surface area contributed by atoms with Crippen LogP contribution in [0.2, 0.25) is 0 Å². The van der Waals surface area contributed by atoms with Crippen molar-refractivity contribution in [3.8, 4) is 11.8 Å². The van der Waals surface area contributed by atoms with Crippen LogP contribution in [0.5, 0.6) is 5.75 Å². The molecule has 0 spiro atoms. The summed E-state index contributed by atoms with van der Waals surface area (Å²) in [6, 6.07) is 11.2. The van der Waals surface area contributed by atoms with E-state index in [2.05, 4.69) is 10.6 Å². The molecule has 0 heterocycles. The van der Waals surface area contributed by atoms with Gasteiger partial charge in [0.25, 0.3) is 0 Å². The van der Waals surface area contributed by atoms with Crippen LogP contribution in [0.4, 0.5) is 20.6 Å². The summed E-state index contributed by atoms with van der Waals surface area (Å²) in [6.07, 6.45) is 0. The number of rotatable bonds is 2. The zero-order valence-corrected chi connectivity index (χ0v) is 10.2. The van der Waals surface area contributed by atoms with Gasteiger partial charge in [-0.1, -0.05) is 0 Å². The second kappa shape index (κ2) is 5.71. The minimum absolute atomic E-state index is 0.214. The summed E-state index contributed by atoms with van der Waals surface area (Å²) >= 11 is 0. The highest BCUT2D eigenvalue weighted by Crippen LogP contribution is 2.19. The highest BCUT2D eigenvalue weighted by Gasteiger charge is 2.06. The van der Waals surface area contributed by atoms with Crippen molar-refractivity contribution < 1.29 is 14.3 Å². The number of nitriles is 1. The Hall–Kier alpha value is -3.07. The minimum Gasteiger partial charge on any atom is -0.505 e. The van der Waals surface area contributed by atoms with Gasteiger partial charge in [0.1, 0.15) is 0 Å². The average Bonchev–Trinajstić information content (AvgIpc) is 2.44. The number of phenols is 1. The smallest absolute Gasteiger partial charge is 0.323 e. The number of carbonyl (C=O) groups excluding carboxylic acids is 1. The molecule has 2 aromatic carbocycles. The van der Waals surface area contributed by atoms with Crippen LogP contribution < -0.4 is 10.6 Å². The minimum atomic E-state index is -0.818. The SMILES string of the molecule is N#Cc1ccc(NC(=O)Nc2ccc(O)c(F)c2)cc1. The van der Waals surface area contributed by atoms with Gasteiger partial charge in [-0.3, -0.25) is 0 Å². The van der Waals surface area contributed by atoms with E-state index < -0.39 is 17.6 Å². The van der Waals surface area contributed by atoms with E-state index in [4.69, 9.17) is 10.4 Å². The Balaban J connectivity index is 2.01. The first-order valence-corrected chi connectivity index (χ1v) is 5.65. The van der Waals surface area contributed by atoms with Gasteiger partial charge in [-0.2, -0.15) is 5.26 Å². The molecule has 0 fully saturated rings. The number of anilines is 2. The number of amides is 2. The molecule has 100 valence electrons. The molecule has 2 amide bonds. The summed E-state index contributed by atoms with van der Waals surface area (Å²) in [6.45, 7) is 0. The predicted octanol–water partition coefficient (Wildman–Crippen LogP) is 3.05. The zero-order valence-electron chi connectivity index (χ0n) is 10.2. The largest absolute Gasteiger partial charge is 0.505 e. The predicted molar refractivity (Wildman–Crippen MR) is 71.9 cm³/mol. The van der Waals surface area contributed by atoms with Crippen LogP contribution in [0.25, 0.3) is 0 Å². The molecule has 5 nitrogen and oxygen atoms in total. The molecule has 0 aromatic heterocycles. The van der Waals surface area contributed by atoms with E-state index in [0.717, 1.165) is 12.1 Å². The molecule has 0 saturated carbocycles. The third-order valence-corrected chi connectivity index (χ3v) is 2.48. The first kappa shape index (κ1) is 13.4. The van der Waals surface area contributed by atoms with Gasteiger partial charge in [0.2, 0.25) is 0 Å². The van der Waals surface area contributed by atoms with Gasteiger partial charge in [0, 0.05) is 17.4 Å². The monoisotopic (exact) mass is 271 g/mol. The lowest BCUT2D eigenvalue weighted by Gasteiger charge is -2.08. The number of hydrogen-bond acceptors (Lipinski definition) is 3. The standard InChI is InChI=1S/C14H10FN3O2/c15-12-7-11(5-6-13(12)19)18-14(20)17-10-3-1-9(8-16)2-4-10/h1-7,19H,(H2,17,18,20). The maximum Gasteiger partial charge on any atom is 0.323 e. The molecule has 0 aliphatic heterocycles. The zero-order chi connectivity index (χ0) is 14.5. The lowest BCUT2D eigenvalue weighted by atomic mass is 10.2. The Labute approximate surface area is 114 Å². The Morgan fingerprint density at radius 3 is 2.30 bits per heavy atom. The van der Waals surface area contributed by atoms with Crippen LogP contribution in [0, 0.1) is 17.1 Å². The van der Waals surface area contributed by atoms with E-state index in [0.29, 0.717) is 11.3 Å². The number of phenolic OH excluding ortho intramolecular Hbond substituents is 1. The van der Waals surface area contributed by atoms with Gasteiger partial charge in [-0.25, -0.2) is 9.18 Å². The van der Waals surface area contributed by atoms with Crippen LogP contribution in [0.1, 0.15) is 5.56 Å². The fourth-order valence-electron chi connectivity index (χ4n) is 1.51. The van der Waals surface area contributed by atoms with E-state index in [1.807, 2.05) is 6.07 Å². The number of nitrogens with zero attached hydrogens (tertiary/aromatic N) is 1. The van der Waals surface area contributed by atoms with Crippen molar-refractivity contribution in [3.05, 3.63) is 53.8 Å². The van der Waals surface area contributed by atoms with E-state index in [1.54, 1.807) is 24.3 Å². The molecule has 2 aromatic rings. The summed E-state index contributed by atoms with van der Waals surface area (Å²) in [7, 11) is 0. The van der Waals surface area contributed by atoms with Crippen molar-refractivity contribution >= 4 is 17.4 Å². The molecule has 0 unspecified atom stereocenters. The first-order valence-electron chi connectivity index (χ1n) is 5.65. The molecule has 0 aliphatic rings. The number of halogens is 1. The second-order valence-corrected chi connectivity index (χ2v) is 3.93. The quantitative estimate of drug-likeness (QED) is 0.734. The fraction of sp³-hybridized carbons (Fsp3) is 0. The molecule has 0 radical (unpaired) electrons. The molecular formula is C14H10FN3O2. The van der Waals surface area contributed by atoms with E-state index in [1.165, 1.54) is 6.07 Å². The molecule has 3 N–H and O–H groups in total. The van der Waals surface area contributed by atoms with Crippen LogP contribution in [-0.4, -0.2) is 11.1 Å². The number of carbonyl (C=O) groups is 1. The van der Waals surface area contributed by atoms with Gasteiger partial charge in [-0.05, 0) is 36.4 Å². The van der Waals surface area contributed by atoms with Crippen molar-refractivity contribution in [2.24, 2.45) is 0 Å². The van der Waals surface area contributed by atoms with E-state index >= 15 is 0 Å². The maximum absolute atomic E-state index is 13.1. The first-order chi connectivity index (χ1) is 9.58. The molecule has 0 atom stereocenters. The van der Waals surface area contributed by atoms with Crippen LogP contribution in [0.15, 0.2) is 42.5 Å². The van der Waals surface area contributed by atoms with Crippen molar-refractivity contribution in [1.29, 1.82) is 5.26 Å². The summed E-state index contributed by atoms with van der Waals surface area (Å²) in [4.78, 5) is 11.7. The van der Waals surface area contributed by atoms with E-state index in [9.17, 15) is 9.18 Å². The molecular weight excluding hydrogens is 261 g/mol. The van der Waals surface area contributed by atoms with E-state index in [-0.39, 0.29) is 5.69 Å². The maximum atomic E-state index is 13.1. The van der Waals surface area contributed by atoms with Gasteiger partial charge < -0.3 is 15.7 Å². The molecule has 0 bridgehead atoms. The summed E-state index contributed by atoms with van der Waals surface area (Å²) in [5, 5.41) is 22.6. The third-order valence-electron chi connectivity index (χ3n) is 2.48. The summed E-state index contributed by atoms with van der Waals surface area (Å²) in [5.41, 5.74) is 1.20. The molecule has 20 heavy (non-hydrogen) atoms. The van der Waals surface area contributed by atoms with Crippen molar-refractivity contribution in [2.75, 3.05) is 10.6 Å². The van der Waals surface area contributed by atoms with Gasteiger partial charge >= 0.3 is 6.03 Å². The van der Waals surface area contributed by atoms with Crippen LogP contribution in [0.3, 0.4) is 0 Å². The fourth-order valence-corrected chi connectivity index (χ4v) is 1.51. The van der Waals surface area contributed by atoms with Gasteiger partial charge in [0.15, 0.2) is 11.6 Å². The molecule has 2 rings (SSSR count). The van der Waals surface area contributed by atoms with Crippen molar-refractivity contribution in [1.82, 2.24) is 0 Å². The van der Waals surface area contributed by atoms with Gasteiger partial charge in [-0.15, -0.1) is 0 Å². The number of hydrogen-bond donors (Lipinski definition) is 3. The number of aromatic hydroxyl groups is 1. The second-order valence-electron chi connectivity index (χ2n) is 3.93. The Morgan fingerprint density at radius 2 is 1.70 bits per heavy atom. The normalized spacial score (nSPS) is 9.60. The lowest BCUT2D eigenvalue weighted by Crippen LogP contribution is -2.19. The van der Waals surface area contributed by atoms with Crippen LogP contribution in [-0.2, 0) is 0 Å². The topological polar surface area (TPSA) is 85.2 Å².